The minimum Gasteiger partial charge on any atom is -0.480 e. The van der Waals surface area contributed by atoms with Crippen molar-refractivity contribution in [3.63, 3.8) is 0 Å². The fourth-order valence-electron chi connectivity index (χ4n) is 1.71. The lowest BCUT2D eigenvalue weighted by molar-refractivity contribution is -0.140. The second kappa shape index (κ2) is 3.87. The standard InChI is InChI=1S/C8H16N2O2/c9-6-3-1-5(2-4-6)7(10)8(11)12/h5-7H,1-4,9-10H2,(H,11,12)/t5-,6-,7?. The van der Waals surface area contributed by atoms with Crippen LogP contribution in [-0.4, -0.2) is 23.2 Å². The minimum absolute atomic E-state index is 0.127. The van der Waals surface area contributed by atoms with Gasteiger partial charge in [-0.15, -0.1) is 0 Å². The first-order valence-corrected chi connectivity index (χ1v) is 4.35. The first kappa shape index (κ1) is 9.48. The van der Waals surface area contributed by atoms with Crippen molar-refractivity contribution in [2.75, 3.05) is 0 Å². The van der Waals surface area contributed by atoms with E-state index in [0.29, 0.717) is 0 Å². The predicted molar refractivity (Wildman–Crippen MR) is 45.5 cm³/mol. The topological polar surface area (TPSA) is 89.3 Å². The molecule has 70 valence electrons. The molecule has 0 amide bonds. The first-order valence-electron chi connectivity index (χ1n) is 4.35. The molecule has 0 aliphatic heterocycles. The van der Waals surface area contributed by atoms with Crippen molar-refractivity contribution in [2.24, 2.45) is 17.4 Å². The lowest BCUT2D eigenvalue weighted by atomic mass is 9.82. The van der Waals surface area contributed by atoms with Gasteiger partial charge in [0.1, 0.15) is 6.04 Å². The highest BCUT2D eigenvalue weighted by Crippen LogP contribution is 2.25. The van der Waals surface area contributed by atoms with Crippen molar-refractivity contribution in [3.05, 3.63) is 0 Å². The summed E-state index contributed by atoms with van der Waals surface area (Å²) in [6, 6.07) is -0.445. The molecule has 1 atom stereocenters. The number of carboxylic acids is 1. The van der Waals surface area contributed by atoms with Gasteiger partial charge in [-0.25, -0.2) is 0 Å². The molecule has 0 bridgehead atoms. The van der Waals surface area contributed by atoms with Crippen LogP contribution in [0.15, 0.2) is 0 Å². The van der Waals surface area contributed by atoms with Crippen LogP contribution in [-0.2, 0) is 4.79 Å². The Labute approximate surface area is 71.9 Å². The summed E-state index contributed by atoms with van der Waals surface area (Å²) in [5.74, 6) is -0.766. The van der Waals surface area contributed by atoms with Gasteiger partial charge in [0.25, 0.3) is 0 Å². The number of rotatable bonds is 2. The molecule has 12 heavy (non-hydrogen) atoms. The summed E-state index contributed by atoms with van der Waals surface area (Å²) in [5.41, 5.74) is 11.2. The molecule has 0 saturated heterocycles. The second-order valence-electron chi connectivity index (χ2n) is 3.54. The van der Waals surface area contributed by atoms with Gasteiger partial charge in [-0.2, -0.15) is 0 Å². The molecule has 0 heterocycles. The van der Waals surface area contributed by atoms with Crippen LogP contribution in [0.3, 0.4) is 0 Å². The maximum atomic E-state index is 10.5. The molecule has 5 N–H and O–H groups in total. The van der Waals surface area contributed by atoms with Crippen LogP contribution >= 0.6 is 0 Å². The van der Waals surface area contributed by atoms with Crippen molar-refractivity contribution in [3.8, 4) is 0 Å². The molecule has 4 nitrogen and oxygen atoms in total. The molecule has 1 saturated carbocycles. The summed E-state index contributed by atoms with van der Waals surface area (Å²) < 4.78 is 0. The third-order valence-corrected chi connectivity index (χ3v) is 2.61. The van der Waals surface area contributed by atoms with Crippen LogP contribution in [0, 0.1) is 5.92 Å². The first-order chi connectivity index (χ1) is 5.61. The van der Waals surface area contributed by atoms with Gasteiger partial charge in [-0.05, 0) is 31.6 Å². The van der Waals surface area contributed by atoms with Gasteiger partial charge < -0.3 is 16.6 Å². The fourth-order valence-corrected chi connectivity index (χ4v) is 1.71. The zero-order chi connectivity index (χ0) is 9.14. The predicted octanol–water partition coefficient (Wildman–Crippen LogP) is -0.0842. The molecular formula is C8H16N2O2. The van der Waals surface area contributed by atoms with Gasteiger partial charge in [-0.1, -0.05) is 0 Å². The van der Waals surface area contributed by atoms with E-state index in [0.717, 1.165) is 25.7 Å². The van der Waals surface area contributed by atoms with E-state index in [2.05, 4.69) is 0 Å². The van der Waals surface area contributed by atoms with Crippen molar-refractivity contribution >= 4 is 5.97 Å². The molecule has 1 aliphatic carbocycles. The quantitative estimate of drug-likeness (QED) is 0.543. The molecule has 0 aromatic heterocycles. The molecule has 1 fully saturated rings. The molecular weight excluding hydrogens is 156 g/mol. The smallest absolute Gasteiger partial charge is 0.320 e. The van der Waals surface area contributed by atoms with E-state index in [1.807, 2.05) is 0 Å². The molecule has 0 aromatic rings. The number of hydrogen-bond acceptors (Lipinski definition) is 3. The average molecular weight is 172 g/mol. The lowest BCUT2D eigenvalue weighted by Gasteiger charge is -2.28. The highest BCUT2D eigenvalue weighted by molar-refractivity contribution is 5.73. The van der Waals surface area contributed by atoms with E-state index in [9.17, 15) is 4.79 Å². The van der Waals surface area contributed by atoms with Crippen LogP contribution in [0.4, 0.5) is 0 Å². The van der Waals surface area contributed by atoms with E-state index in [1.165, 1.54) is 0 Å². The van der Waals surface area contributed by atoms with E-state index >= 15 is 0 Å². The Morgan fingerprint density at radius 2 is 1.83 bits per heavy atom. The Balaban J connectivity index is 2.39. The summed E-state index contributed by atoms with van der Waals surface area (Å²) in [6.45, 7) is 0. The highest BCUT2D eigenvalue weighted by atomic mass is 16.4. The number of hydrogen-bond donors (Lipinski definition) is 3. The van der Waals surface area contributed by atoms with E-state index < -0.39 is 12.0 Å². The zero-order valence-electron chi connectivity index (χ0n) is 7.07. The highest BCUT2D eigenvalue weighted by Gasteiger charge is 2.27. The summed E-state index contributed by atoms with van der Waals surface area (Å²) in [4.78, 5) is 10.5. The molecule has 1 rings (SSSR count). The monoisotopic (exact) mass is 172 g/mol. The average Bonchev–Trinajstić information content (AvgIpc) is 2.04. The van der Waals surface area contributed by atoms with Crippen LogP contribution in [0.5, 0.6) is 0 Å². The number of aliphatic carboxylic acids is 1. The normalized spacial score (nSPS) is 32.8. The summed E-state index contributed by atoms with van der Waals surface area (Å²) in [5, 5.41) is 8.64. The summed E-state index contributed by atoms with van der Waals surface area (Å²) in [6.07, 6.45) is 3.53. The summed E-state index contributed by atoms with van der Waals surface area (Å²) in [7, 11) is 0. The molecule has 1 aliphatic rings. The van der Waals surface area contributed by atoms with Crippen LogP contribution < -0.4 is 11.5 Å². The Morgan fingerprint density at radius 1 is 1.33 bits per heavy atom. The van der Waals surface area contributed by atoms with Gasteiger partial charge in [0.2, 0.25) is 0 Å². The number of carboxylic acid groups (broad SMARTS) is 1. The molecule has 0 spiro atoms. The van der Waals surface area contributed by atoms with Gasteiger partial charge in [0, 0.05) is 6.04 Å². The number of carbonyl (C=O) groups is 1. The molecule has 0 radical (unpaired) electrons. The molecule has 0 aromatic carbocycles. The van der Waals surface area contributed by atoms with Crippen LogP contribution in [0.25, 0.3) is 0 Å². The van der Waals surface area contributed by atoms with Gasteiger partial charge in [-0.3, -0.25) is 4.79 Å². The van der Waals surface area contributed by atoms with E-state index in [4.69, 9.17) is 16.6 Å². The fraction of sp³-hybridized carbons (Fsp3) is 0.875. The Bertz CT molecular complexity index is 164. The van der Waals surface area contributed by atoms with Gasteiger partial charge >= 0.3 is 5.97 Å². The Morgan fingerprint density at radius 3 is 2.25 bits per heavy atom. The third-order valence-electron chi connectivity index (χ3n) is 2.61. The van der Waals surface area contributed by atoms with Gasteiger partial charge in [0.05, 0.1) is 0 Å². The SMILES string of the molecule is NC(C(=O)O)[C@H]1CC[C@H](N)CC1. The second-order valence-corrected chi connectivity index (χ2v) is 3.54. The maximum Gasteiger partial charge on any atom is 0.320 e. The van der Waals surface area contributed by atoms with Crippen molar-refractivity contribution in [1.29, 1.82) is 0 Å². The minimum atomic E-state index is -0.893. The number of nitrogens with two attached hydrogens (primary N) is 2. The maximum absolute atomic E-state index is 10.5. The Hall–Kier alpha value is -0.610. The lowest BCUT2D eigenvalue weighted by Crippen LogP contribution is -2.41. The van der Waals surface area contributed by atoms with E-state index in [1.54, 1.807) is 0 Å². The largest absolute Gasteiger partial charge is 0.480 e. The third kappa shape index (κ3) is 2.19. The summed E-state index contributed by atoms with van der Waals surface area (Å²) >= 11 is 0. The van der Waals surface area contributed by atoms with Crippen molar-refractivity contribution in [1.82, 2.24) is 0 Å². The molecule has 1 unspecified atom stereocenters. The van der Waals surface area contributed by atoms with Gasteiger partial charge in [0.15, 0.2) is 0 Å². The van der Waals surface area contributed by atoms with E-state index in [-0.39, 0.29) is 12.0 Å². The van der Waals surface area contributed by atoms with Crippen LogP contribution in [0.1, 0.15) is 25.7 Å². The van der Waals surface area contributed by atoms with Crippen molar-refractivity contribution in [2.45, 2.75) is 37.8 Å². The molecule has 4 heteroatoms. The van der Waals surface area contributed by atoms with Crippen molar-refractivity contribution < 1.29 is 9.90 Å². The Kier molecular flexibility index (Phi) is 3.05. The van der Waals surface area contributed by atoms with Crippen LogP contribution in [0.2, 0.25) is 0 Å². The zero-order valence-corrected chi connectivity index (χ0v) is 7.07.